The Morgan fingerprint density at radius 1 is 1.16 bits per heavy atom. The van der Waals surface area contributed by atoms with Gasteiger partial charge in [0.25, 0.3) is 0 Å². The summed E-state index contributed by atoms with van der Waals surface area (Å²) < 4.78 is 55.4. The molecule has 0 amide bonds. The van der Waals surface area contributed by atoms with Crippen molar-refractivity contribution in [1.82, 2.24) is 24.8 Å². The highest BCUT2D eigenvalue weighted by molar-refractivity contribution is 6.09. The van der Waals surface area contributed by atoms with Crippen LogP contribution < -0.4 is 10.1 Å². The minimum Gasteiger partial charge on any atom is -0.472 e. The van der Waals surface area contributed by atoms with E-state index >= 15 is 4.39 Å². The Kier molecular flexibility index (Phi) is 6.63. The maximum absolute atomic E-state index is 17.2. The van der Waals surface area contributed by atoms with Gasteiger partial charge in [0, 0.05) is 64.9 Å². The summed E-state index contributed by atoms with van der Waals surface area (Å²) in [7, 11) is 2.10. The zero-order valence-corrected chi connectivity index (χ0v) is 25.6. The van der Waals surface area contributed by atoms with Crippen LogP contribution in [0.2, 0.25) is 0 Å². The number of nitrogens with one attached hydrogen (secondary N) is 2. The van der Waals surface area contributed by atoms with Crippen molar-refractivity contribution >= 4 is 32.7 Å². The molecule has 6 heterocycles. The maximum atomic E-state index is 17.2. The summed E-state index contributed by atoms with van der Waals surface area (Å²) in [5, 5.41) is 14.8. The van der Waals surface area contributed by atoms with Gasteiger partial charge in [0.2, 0.25) is 5.88 Å². The van der Waals surface area contributed by atoms with Crippen molar-refractivity contribution in [2.75, 3.05) is 20.1 Å². The van der Waals surface area contributed by atoms with Gasteiger partial charge >= 0.3 is 0 Å². The van der Waals surface area contributed by atoms with Gasteiger partial charge in [-0.2, -0.15) is 5.26 Å². The average Bonchev–Trinajstić information content (AvgIpc) is 3.83. The van der Waals surface area contributed by atoms with Crippen molar-refractivity contribution < 1.29 is 17.9 Å². The second-order valence-corrected chi connectivity index (χ2v) is 13.1. The van der Waals surface area contributed by atoms with Crippen LogP contribution >= 0.6 is 0 Å². The van der Waals surface area contributed by atoms with Crippen molar-refractivity contribution in [3.63, 3.8) is 0 Å². The molecule has 45 heavy (non-hydrogen) atoms. The molecule has 2 N–H and O–H groups in total. The average molecular weight is 613 g/mol. The van der Waals surface area contributed by atoms with Crippen molar-refractivity contribution in [2.45, 2.75) is 70.2 Å². The lowest BCUT2D eigenvalue weighted by molar-refractivity contribution is 0.119. The fourth-order valence-corrected chi connectivity index (χ4v) is 8.37. The van der Waals surface area contributed by atoms with Gasteiger partial charge in [-0.15, -0.1) is 0 Å². The van der Waals surface area contributed by atoms with Gasteiger partial charge in [-0.1, -0.05) is 0 Å². The normalized spacial score (nSPS) is 23.7. The Bertz CT molecular complexity index is 2030. The summed E-state index contributed by atoms with van der Waals surface area (Å²) in [6.45, 7) is 6.08. The monoisotopic (exact) mass is 612 g/mol. The Hall–Kier alpha value is -4.07. The van der Waals surface area contributed by atoms with E-state index in [9.17, 15) is 14.0 Å². The fourth-order valence-electron chi connectivity index (χ4n) is 8.37. The van der Waals surface area contributed by atoms with Crippen LogP contribution in [0.25, 0.3) is 43.8 Å². The van der Waals surface area contributed by atoms with E-state index < -0.39 is 17.5 Å². The van der Waals surface area contributed by atoms with Gasteiger partial charge in [0.15, 0.2) is 5.82 Å². The van der Waals surface area contributed by atoms with E-state index in [2.05, 4.69) is 45.9 Å². The first-order valence-electron chi connectivity index (χ1n) is 15.9. The van der Waals surface area contributed by atoms with Gasteiger partial charge in [-0.3, -0.25) is 4.90 Å². The van der Waals surface area contributed by atoms with Crippen molar-refractivity contribution in [3.8, 4) is 23.1 Å². The van der Waals surface area contributed by atoms with Crippen LogP contribution in [0.15, 0.2) is 30.5 Å². The van der Waals surface area contributed by atoms with Crippen LogP contribution in [0, 0.1) is 41.6 Å². The number of nitriles is 1. The molecule has 5 aromatic rings. The third kappa shape index (κ3) is 4.27. The number of hydrogen-bond donors (Lipinski definition) is 2. The molecule has 1 unspecified atom stereocenters. The number of aryl methyl sites for hydroxylation is 2. The van der Waals surface area contributed by atoms with E-state index in [1.165, 1.54) is 12.3 Å². The van der Waals surface area contributed by atoms with Crippen LogP contribution in [0.4, 0.5) is 13.2 Å². The Morgan fingerprint density at radius 3 is 2.71 bits per heavy atom. The largest absolute Gasteiger partial charge is 0.472 e. The number of pyridine rings is 1. The maximum Gasteiger partial charge on any atom is 0.223 e. The van der Waals surface area contributed by atoms with E-state index in [1.54, 1.807) is 0 Å². The number of likely N-dealkylation sites (tertiary alicyclic amines) is 1. The predicted molar refractivity (Wildman–Crippen MR) is 168 cm³/mol. The van der Waals surface area contributed by atoms with Crippen LogP contribution in [-0.4, -0.2) is 57.8 Å². The molecular weight excluding hydrogens is 577 g/mol. The number of fused-ring (bicyclic) bond motifs is 5. The Labute approximate surface area is 259 Å². The molecule has 0 spiro atoms. The standard InChI is InChI=1S/C35H35F3N6O/c1-17-10-24-34(44(17)33-20-12-27(33)40-15-20)23-11-19(6-4-8-39)29(25-16-41-31-22(25)13-21(36)14-26(31)37)30(38)32(23)42-35(24)45-18(2)28-7-5-9-43(28)3/h10-11,13-14,16,18,20,27-28,33,40-41H,4-7,9,12,15H2,1-3H3/t18?,20-,27-,28+,33+/m1/s1. The molecule has 4 aliphatic rings. The third-order valence-electron chi connectivity index (χ3n) is 10.5. The first-order chi connectivity index (χ1) is 21.7. The second-order valence-electron chi connectivity index (χ2n) is 13.1. The molecule has 5 atom stereocenters. The fraction of sp³-hybridized carbons (Fsp3) is 0.429. The number of H-pyrrole nitrogens is 1. The van der Waals surface area contributed by atoms with Crippen molar-refractivity contribution in [1.29, 1.82) is 5.26 Å². The number of hydrogen-bond acceptors (Lipinski definition) is 5. The van der Waals surface area contributed by atoms with E-state index in [0.29, 0.717) is 34.4 Å². The van der Waals surface area contributed by atoms with Gasteiger partial charge in [-0.25, -0.2) is 18.2 Å². The summed E-state index contributed by atoms with van der Waals surface area (Å²) in [5.41, 5.74) is 3.28. The lowest BCUT2D eigenvalue weighted by Crippen LogP contribution is -2.39. The first kappa shape index (κ1) is 28.4. The Balaban J connectivity index is 1.41. The van der Waals surface area contributed by atoms with E-state index in [4.69, 9.17) is 9.72 Å². The summed E-state index contributed by atoms with van der Waals surface area (Å²) in [6.07, 6.45) is 4.98. The molecule has 232 valence electrons. The van der Waals surface area contributed by atoms with Crippen molar-refractivity contribution in [3.05, 3.63) is 59.2 Å². The first-order valence-corrected chi connectivity index (χ1v) is 15.9. The zero-order chi connectivity index (χ0) is 31.1. The van der Waals surface area contributed by atoms with E-state index in [-0.39, 0.29) is 53.0 Å². The summed E-state index contributed by atoms with van der Waals surface area (Å²) in [6, 6.07) is 9.03. The highest BCUT2D eigenvalue weighted by Gasteiger charge is 2.48. The van der Waals surface area contributed by atoms with Crippen molar-refractivity contribution in [2.24, 2.45) is 5.92 Å². The number of aromatic nitrogens is 3. The van der Waals surface area contributed by atoms with Gasteiger partial charge in [0.05, 0.1) is 28.5 Å². The van der Waals surface area contributed by atoms with Gasteiger partial charge < -0.3 is 19.6 Å². The second kappa shape index (κ2) is 10.5. The lowest BCUT2D eigenvalue weighted by Gasteiger charge is -2.37. The minimum atomic E-state index is -0.755. The van der Waals surface area contributed by atoms with Gasteiger partial charge in [-0.05, 0) is 82.8 Å². The quantitative estimate of drug-likeness (QED) is 0.209. The molecule has 10 heteroatoms. The summed E-state index contributed by atoms with van der Waals surface area (Å²) in [5.74, 6) is -1.23. The van der Waals surface area contributed by atoms with E-state index in [0.717, 1.165) is 55.0 Å². The molecular formula is C35H35F3N6O. The van der Waals surface area contributed by atoms with Crippen LogP contribution in [0.3, 0.4) is 0 Å². The zero-order valence-electron chi connectivity index (χ0n) is 25.6. The summed E-state index contributed by atoms with van der Waals surface area (Å²) in [4.78, 5) is 10.1. The Morgan fingerprint density at radius 2 is 2.00 bits per heavy atom. The smallest absolute Gasteiger partial charge is 0.223 e. The number of nitrogens with zero attached hydrogens (tertiary/aromatic N) is 4. The number of aromatic amines is 1. The van der Waals surface area contributed by atoms with Crippen LogP contribution in [0.5, 0.6) is 5.88 Å². The molecule has 1 aliphatic carbocycles. The molecule has 1 saturated carbocycles. The number of likely N-dealkylation sites (N-methyl/N-ethyl adjacent to an activating group) is 1. The van der Waals surface area contributed by atoms with Crippen LogP contribution in [0.1, 0.15) is 49.9 Å². The topological polar surface area (TPSA) is 81.9 Å². The molecule has 2 aromatic carbocycles. The predicted octanol–water partition coefficient (Wildman–Crippen LogP) is 6.91. The third-order valence-corrected chi connectivity index (χ3v) is 10.5. The number of halogens is 3. The molecule has 0 radical (unpaired) electrons. The molecule has 3 aliphatic heterocycles. The van der Waals surface area contributed by atoms with Gasteiger partial charge in [0.1, 0.15) is 23.3 Å². The molecule has 3 saturated heterocycles. The lowest BCUT2D eigenvalue weighted by atomic mass is 9.79. The SMILES string of the molecule is Cc1cc2c(OC(C)[C@@H]3CCCN3C)nc3c(F)c(-c4c[nH]c5c(F)cc(F)cc45)c(CCC#N)cc3c2n1[C@H]1[C@H]2CN[C@@H]1C2. The molecule has 2 bridgehead atoms. The number of benzene rings is 2. The molecule has 4 fully saturated rings. The highest BCUT2D eigenvalue weighted by atomic mass is 19.1. The summed E-state index contributed by atoms with van der Waals surface area (Å²) >= 11 is 0. The molecule has 3 aromatic heterocycles. The van der Waals surface area contributed by atoms with Crippen LogP contribution in [-0.2, 0) is 6.42 Å². The van der Waals surface area contributed by atoms with E-state index in [1.807, 2.05) is 13.0 Å². The molecule has 7 nitrogen and oxygen atoms in total. The molecule has 9 rings (SSSR count). The number of ether oxygens (including phenoxy) is 1. The minimum absolute atomic E-state index is 0.0940. The number of rotatable bonds is 7. The highest BCUT2D eigenvalue weighted by Crippen LogP contribution is 2.49.